The second kappa shape index (κ2) is 9.26. The molecule has 0 spiro atoms. The summed E-state index contributed by atoms with van der Waals surface area (Å²) in [5.74, 6) is 0.737. The van der Waals surface area contributed by atoms with E-state index >= 15 is 0 Å². The van der Waals surface area contributed by atoms with Gasteiger partial charge in [0.15, 0.2) is 11.0 Å². The summed E-state index contributed by atoms with van der Waals surface area (Å²) >= 11 is 1.34. The first-order chi connectivity index (χ1) is 16.2. The molecule has 0 aliphatic heterocycles. The van der Waals surface area contributed by atoms with Gasteiger partial charge in [0.25, 0.3) is 0 Å². The lowest BCUT2D eigenvalue weighted by Gasteiger charge is -2.11. The van der Waals surface area contributed by atoms with Gasteiger partial charge in [-0.15, -0.1) is 10.2 Å². The van der Waals surface area contributed by atoms with Gasteiger partial charge in [-0.25, -0.2) is 0 Å². The van der Waals surface area contributed by atoms with Gasteiger partial charge in [0.2, 0.25) is 5.91 Å². The Kier molecular flexibility index (Phi) is 5.87. The van der Waals surface area contributed by atoms with Crippen LogP contribution in [0.3, 0.4) is 0 Å². The highest BCUT2D eigenvalue weighted by molar-refractivity contribution is 7.99. The van der Waals surface area contributed by atoms with Crippen LogP contribution in [-0.4, -0.2) is 31.4 Å². The normalized spacial score (nSPS) is 10.9. The van der Waals surface area contributed by atoms with Crippen LogP contribution < -0.4 is 5.32 Å². The average molecular weight is 452 g/mol. The number of amides is 1. The minimum Gasteiger partial charge on any atom is -0.325 e. The van der Waals surface area contributed by atoms with Crippen LogP contribution in [0.4, 0.5) is 5.69 Å². The number of carbonyl (C=O) groups excluding carboxylic acids is 1. The third-order valence-electron chi connectivity index (χ3n) is 5.22. The summed E-state index contributed by atoms with van der Waals surface area (Å²) in [4.78, 5) is 17.2. The van der Waals surface area contributed by atoms with Crippen LogP contribution in [0.2, 0.25) is 0 Å². The molecular weight excluding hydrogens is 430 g/mol. The van der Waals surface area contributed by atoms with Crippen molar-refractivity contribution in [3.8, 4) is 17.2 Å². The van der Waals surface area contributed by atoms with Crippen molar-refractivity contribution in [1.29, 1.82) is 0 Å². The number of pyridine rings is 1. The molecule has 2 heterocycles. The molecular formula is C26H21N5OS. The van der Waals surface area contributed by atoms with E-state index in [1.807, 2.05) is 96.4 Å². The highest BCUT2D eigenvalue weighted by Gasteiger charge is 2.18. The lowest BCUT2D eigenvalue weighted by atomic mass is 10.1. The number of thioether (sulfide) groups is 1. The molecule has 0 aliphatic carbocycles. The Labute approximate surface area is 195 Å². The van der Waals surface area contributed by atoms with Gasteiger partial charge >= 0.3 is 0 Å². The number of hydrogen-bond donors (Lipinski definition) is 1. The predicted molar refractivity (Wildman–Crippen MR) is 133 cm³/mol. The Morgan fingerprint density at radius 3 is 2.52 bits per heavy atom. The fraction of sp³-hybridized carbons (Fsp3) is 0.0769. The Balaban J connectivity index is 1.41. The molecule has 0 unspecified atom stereocenters. The van der Waals surface area contributed by atoms with Gasteiger partial charge in [0.1, 0.15) is 5.69 Å². The van der Waals surface area contributed by atoms with Crippen LogP contribution in [-0.2, 0) is 4.79 Å². The lowest BCUT2D eigenvalue weighted by Crippen LogP contribution is -2.14. The molecule has 5 aromatic rings. The van der Waals surface area contributed by atoms with Crippen molar-refractivity contribution in [2.45, 2.75) is 12.1 Å². The number of aryl methyl sites for hydroxylation is 1. The zero-order valence-corrected chi connectivity index (χ0v) is 18.8. The standard InChI is InChI=1S/C26H21N5OS/c1-18-12-14-20(15-13-18)31-25(23-10-4-5-16-27-23)29-30-26(31)33-17-24(32)28-22-11-6-8-19-7-2-3-9-21(19)22/h2-16H,17H2,1H3,(H,28,32). The van der Waals surface area contributed by atoms with E-state index in [0.29, 0.717) is 11.0 Å². The van der Waals surface area contributed by atoms with Gasteiger partial charge in [-0.3, -0.25) is 14.3 Å². The number of aromatic nitrogens is 4. The molecule has 0 saturated heterocycles. The van der Waals surface area contributed by atoms with E-state index in [-0.39, 0.29) is 11.7 Å². The molecule has 0 radical (unpaired) electrons. The van der Waals surface area contributed by atoms with Crippen molar-refractivity contribution in [3.05, 3.63) is 96.7 Å². The van der Waals surface area contributed by atoms with Crippen molar-refractivity contribution in [3.63, 3.8) is 0 Å². The number of carbonyl (C=O) groups is 1. The Bertz CT molecular complexity index is 1410. The molecule has 7 heteroatoms. The second-order valence-corrected chi connectivity index (χ2v) is 8.50. The fourth-order valence-electron chi connectivity index (χ4n) is 3.60. The smallest absolute Gasteiger partial charge is 0.234 e. The number of fused-ring (bicyclic) bond motifs is 1. The predicted octanol–water partition coefficient (Wildman–Crippen LogP) is 5.52. The molecule has 2 aromatic heterocycles. The van der Waals surface area contributed by atoms with Gasteiger partial charge in [-0.05, 0) is 42.6 Å². The van der Waals surface area contributed by atoms with Crippen LogP contribution in [0, 0.1) is 6.92 Å². The summed E-state index contributed by atoms with van der Waals surface area (Å²) in [5.41, 5.74) is 3.60. The molecule has 1 N–H and O–H groups in total. The van der Waals surface area contributed by atoms with E-state index in [2.05, 4.69) is 20.5 Å². The van der Waals surface area contributed by atoms with Crippen LogP contribution in [0.25, 0.3) is 28.0 Å². The third kappa shape index (κ3) is 4.49. The van der Waals surface area contributed by atoms with Crippen LogP contribution in [0.5, 0.6) is 0 Å². The number of nitrogens with zero attached hydrogens (tertiary/aromatic N) is 4. The number of nitrogens with one attached hydrogen (secondary N) is 1. The minimum absolute atomic E-state index is 0.103. The third-order valence-corrected chi connectivity index (χ3v) is 6.14. The summed E-state index contributed by atoms with van der Waals surface area (Å²) in [6, 6.07) is 27.7. The number of benzene rings is 3. The summed E-state index contributed by atoms with van der Waals surface area (Å²) in [7, 11) is 0. The second-order valence-electron chi connectivity index (χ2n) is 7.56. The number of hydrogen-bond acceptors (Lipinski definition) is 5. The van der Waals surface area contributed by atoms with Gasteiger partial charge in [-0.2, -0.15) is 0 Å². The Morgan fingerprint density at radius 2 is 1.70 bits per heavy atom. The maximum Gasteiger partial charge on any atom is 0.234 e. The van der Waals surface area contributed by atoms with Crippen LogP contribution in [0.15, 0.2) is 96.3 Å². The summed E-state index contributed by atoms with van der Waals surface area (Å²) in [5, 5.41) is 14.5. The van der Waals surface area contributed by atoms with E-state index in [1.165, 1.54) is 11.8 Å². The molecule has 0 atom stereocenters. The van der Waals surface area contributed by atoms with Crippen LogP contribution >= 0.6 is 11.8 Å². The van der Waals surface area contributed by atoms with E-state index in [9.17, 15) is 4.79 Å². The first-order valence-corrected chi connectivity index (χ1v) is 11.5. The Hall–Kier alpha value is -3.97. The van der Waals surface area contributed by atoms with Crippen molar-refractivity contribution in [2.75, 3.05) is 11.1 Å². The molecule has 162 valence electrons. The van der Waals surface area contributed by atoms with Crippen LogP contribution in [0.1, 0.15) is 5.56 Å². The largest absolute Gasteiger partial charge is 0.325 e. The molecule has 0 bridgehead atoms. The van der Waals surface area contributed by atoms with Gasteiger partial charge in [-0.1, -0.05) is 71.9 Å². The molecule has 1 amide bonds. The van der Waals surface area contributed by atoms with Gasteiger partial charge in [0, 0.05) is 23.0 Å². The molecule has 6 nitrogen and oxygen atoms in total. The van der Waals surface area contributed by atoms with E-state index in [4.69, 9.17) is 0 Å². The average Bonchev–Trinajstić information content (AvgIpc) is 3.28. The van der Waals surface area contributed by atoms with Crippen molar-refractivity contribution in [2.24, 2.45) is 0 Å². The van der Waals surface area contributed by atoms with Crippen molar-refractivity contribution < 1.29 is 4.79 Å². The Morgan fingerprint density at radius 1 is 0.909 bits per heavy atom. The maximum atomic E-state index is 12.8. The highest BCUT2D eigenvalue weighted by atomic mass is 32.2. The fourth-order valence-corrected chi connectivity index (χ4v) is 4.35. The molecule has 0 saturated carbocycles. The molecule has 33 heavy (non-hydrogen) atoms. The van der Waals surface area contributed by atoms with E-state index in [0.717, 1.165) is 33.4 Å². The molecule has 0 fully saturated rings. The van der Waals surface area contributed by atoms with Gasteiger partial charge < -0.3 is 5.32 Å². The zero-order valence-electron chi connectivity index (χ0n) is 18.0. The minimum atomic E-state index is -0.103. The summed E-state index contributed by atoms with van der Waals surface area (Å²) in [6.45, 7) is 2.04. The molecule has 3 aromatic carbocycles. The van der Waals surface area contributed by atoms with E-state index < -0.39 is 0 Å². The quantitative estimate of drug-likeness (QED) is 0.344. The van der Waals surface area contributed by atoms with Gasteiger partial charge in [0.05, 0.1) is 5.75 Å². The molecule has 0 aliphatic rings. The topological polar surface area (TPSA) is 72.7 Å². The number of rotatable bonds is 6. The zero-order chi connectivity index (χ0) is 22.6. The first kappa shape index (κ1) is 20.9. The lowest BCUT2D eigenvalue weighted by molar-refractivity contribution is -0.113. The monoisotopic (exact) mass is 451 g/mol. The van der Waals surface area contributed by atoms with Crippen molar-refractivity contribution >= 4 is 34.1 Å². The summed E-state index contributed by atoms with van der Waals surface area (Å²) in [6.07, 6.45) is 1.73. The SMILES string of the molecule is Cc1ccc(-n2c(SCC(=O)Nc3cccc4ccccc34)nnc2-c2ccccn2)cc1. The highest BCUT2D eigenvalue weighted by Crippen LogP contribution is 2.28. The van der Waals surface area contributed by atoms with E-state index in [1.54, 1.807) is 6.20 Å². The maximum absolute atomic E-state index is 12.8. The molecule has 5 rings (SSSR count). The number of anilines is 1. The summed E-state index contributed by atoms with van der Waals surface area (Å²) < 4.78 is 1.94. The van der Waals surface area contributed by atoms with Crippen molar-refractivity contribution in [1.82, 2.24) is 19.7 Å². The first-order valence-electron chi connectivity index (χ1n) is 10.5.